The molecule has 350 valence electrons. The van der Waals surface area contributed by atoms with Crippen LogP contribution in [0.4, 0.5) is 0 Å². The molecule has 21 nitrogen and oxygen atoms in total. The van der Waals surface area contributed by atoms with Crippen LogP contribution in [0.15, 0.2) is 72.8 Å². The number of aliphatic hydroxyl groups excluding tert-OH is 4. The Bertz CT molecular complexity index is 2250. The number of aliphatic hydroxyl groups is 4. The third kappa shape index (κ3) is 12.5. The molecule has 2 aliphatic rings. The monoisotopic (exact) mass is 912 g/mol. The highest BCUT2D eigenvalue weighted by Crippen LogP contribution is 2.39. The van der Waals surface area contributed by atoms with Gasteiger partial charge in [0.25, 0.3) is 0 Å². The highest BCUT2D eigenvalue weighted by Gasteiger charge is 2.61. The average molecular weight is 913 g/mol. The smallest absolute Gasteiger partial charge is 0.331 e. The van der Waals surface area contributed by atoms with Crippen LogP contribution in [0, 0.1) is 0 Å². The number of phenols is 3. The molecule has 0 amide bonds. The van der Waals surface area contributed by atoms with Gasteiger partial charge in [-0.3, -0.25) is 4.79 Å². The highest BCUT2D eigenvalue weighted by atomic mass is 16.8. The maximum absolute atomic E-state index is 13.3. The number of rotatable bonds is 18. The molecule has 0 aliphatic carbocycles. The first-order chi connectivity index (χ1) is 31.0. The second-order valence-corrected chi connectivity index (χ2v) is 14.2. The van der Waals surface area contributed by atoms with Gasteiger partial charge in [0.2, 0.25) is 5.79 Å². The summed E-state index contributed by atoms with van der Waals surface area (Å²) >= 11 is 0. The number of methoxy groups -OCH3 is 3. The molecule has 5 rings (SSSR count). The van der Waals surface area contributed by atoms with Gasteiger partial charge in [0.05, 0.1) is 21.3 Å². The summed E-state index contributed by atoms with van der Waals surface area (Å²) in [6.07, 6.45) is -8.26. The number of ether oxygens (including phenoxy) is 10. The summed E-state index contributed by atoms with van der Waals surface area (Å²) in [4.78, 5) is 50.9. The molecule has 65 heavy (non-hydrogen) atoms. The largest absolute Gasteiger partial charge is 0.504 e. The Balaban J connectivity index is 1.38. The van der Waals surface area contributed by atoms with Crippen LogP contribution in [0.5, 0.6) is 34.5 Å². The molecule has 3 aromatic rings. The molecule has 21 heteroatoms. The number of benzene rings is 3. The van der Waals surface area contributed by atoms with Gasteiger partial charge in [0, 0.05) is 25.2 Å². The molecular weight excluding hydrogens is 864 g/mol. The molecule has 2 aliphatic heterocycles. The number of hydrogen-bond donors (Lipinski definition) is 7. The molecule has 2 heterocycles. The third-order valence-electron chi connectivity index (χ3n) is 9.84. The van der Waals surface area contributed by atoms with Gasteiger partial charge in [-0.05, 0) is 71.3 Å². The highest BCUT2D eigenvalue weighted by molar-refractivity contribution is 5.88. The zero-order valence-electron chi connectivity index (χ0n) is 35.2. The number of esters is 4. The van der Waals surface area contributed by atoms with Gasteiger partial charge in [-0.25, -0.2) is 14.4 Å². The summed E-state index contributed by atoms with van der Waals surface area (Å²) in [5.41, 5.74) is 1.21. The average Bonchev–Trinajstić information content (AvgIpc) is 3.55. The standard InChI is InChI=1S/C44H48O21/c1-23(46)59-21-34-41(62-36(51)15-9-25-6-12-28(48)31(18-25)57-3)39(54)40(55)43(61-34)65-44(22-45)42(63-37(52)16-10-26-7-13-29(49)32(19-26)58-4)38(53)33(64-44)20-60-35(50)14-8-24-5-11-27(47)30(17-24)56-2/h5-19,33-34,38-43,45,47-49,53-55H,20-22H2,1-4H3/b14-8+,15-9+,16-10-/t33-,34-,38-,39-,40-,41-,42+,43-,44+/m1/s1. The van der Waals surface area contributed by atoms with Gasteiger partial charge >= 0.3 is 23.9 Å². The van der Waals surface area contributed by atoms with Crippen molar-refractivity contribution < 1.29 is 102 Å². The van der Waals surface area contributed by atoms with Crippen LogP contribution in [0.1, 0.15) is 23.6 Å². The molecule has 0 bridgehead atoms. The number of hydrogen-bond acceptors (Lipinski definition) is 21. The number of aromatic hydroxyl groups is 3. The SMILES string of the molecule is COc1cc(/C=C\C(=O)O[C@H]2[C@H](O)[C@@H](COC(=O)/C=C/c3ccc(O)c(OC)c3)O[C@@]2(CO)O[C@H]2O[C@H](COC(C)=O)[C@@H](OC(=O)/C=C/c3ccc(O)c(OC)c3)[C@H](O)[C@H]2O)ccc1O. The molecule has 0 saturated carbocycles. The number of phenolic OH excluding ortho intramolecular Hbond substituents is 3. The van der Waals surface area contributed by atoms with E-state index in [0.717, 1.165) is 25.2 Å². The second kappa shape index (κ2) is 22.3. The lowest BCUT2D eigenvalue weighted by Gasteiger charge is -2.44. The van der Waals surface area contributed by atoms with Gasteiger partial charge in [-0.15, -0.1) is 0 Å². The Kier molecular flexibility index (Phi) is 16.9. The van der Waals surface area contributed by atoms with Crippen molar-refractivity contribution in [1.29, 1.82) is 0 Å². The lowest BCUT2D eigenvalue weighted by molar-refractivity contribution is -0.383. The Labute approximate surface area is 370 Å². The number of carbonyl (C=O) groups excluding carboxylic acids is 4. The summed E-state index contributed by atoms with van der Waals surface area (Å²) < 4.78 is 54.2. The first-order valence-electron chi connectivity index (χ1n) is 19.5. The van der Waals surface area contributed by atoms with Crippen LogP contribution in [-0.2, 0) is 52.3 Å². The lowest BCUT2D eigenvalue weighted by atomic mass is 9.98. The molecule has 2 saturated heterocycles. The first kappa shape index (κ1) is 49.3. The molecule has 3 aromatic carbocycles. The van der Waals surface area contributed by atoms with Crippen LogP contribution < -0.4 is 14.2 Å². The molecule has 0 aromatic heterocycles. The fraction of sp³-hybridized carbons (Fsp3) is 0.364. The van der Waals surface area contributed by atoms with Gasteiger partial charge in [0.1, 0.15) is 50.3 Å². The third-order valence-corrected chi connectivity index (χ3v) is 9.84. The second-order valence-electron chi connectivity index (χ2n) is 14.2. The van der Waals surface area contributed by atoms with Crippen molar-refractivity contribution >= 4 is 42.1 Å². The van der Waals surface area contributed by atoms with E-state index in [1.807, 2.05) is 0 Å². The van der Waals surface area contributed by atoms with E-state index in [0.29, 0.717) is 16.7 Å². The Hall–Kier alpha value is -6.72. The number of carbonyl (C=O) groups is 4. The summed E-state index contributed by atoms with van der Waals surface area (Å²) in [6, 6.07) is 12.6. The fourth-order valence-corrected chi connectivity index (χ4v) is 6.52. The molecular formula is C44H48O21. The predicted molar refractivity (Wildman–Crippen MR) is 221 cm³/mol. The van der Waals surface area contributed by atoms with E-state index < -0.39 is 98.5 Å². The Morgan fingerprint density at radius 1 is 0.631 bits per heavy atom. The van der Waals surface area contributed by atoms with Gasteiger partial charge in [0.15, 0.2) is 53.0 Å². The molecule has 9 atom stereocenters. The first-order valence-corrected chi connectivity index (χ1v) is 19.5. The zero-order valence-corrected chi connectivity index (χ0v) is 35.2. The van der Waals surface area contributed by atoms with E-state index in [-0.39, 0.29) is 34.5 Å². The van der Waals surface area contributed by atoms with Gasteiger partial charge in [-0.1, -0.05) is 18.2 Å². The van der Waals surface area contributed by atoms with Crippen LogP contribution in [-0.4, -0.2) is 156 Å². The fourth-order valence-electron chi connectivity index (χ4n) is 6.52. The minimum Gasteiger partial charge on any atom is -0.504 e. The molecule has 7 N–H and O–H groups in total. The van der Waals surface area contributed by atoms with Crippen LogP contribution >= 0.6 is 0 Å². The van der Waals surface area contributed by atoms with Crippen molar-refractivity contribution in [3.05, 3.63) is 89.5 Å². The van der Waals surface area contributed by atoms with Crippen LogP contribution in [0.25, 0.3) is 18.2 Å². The van der Waals surface area contributed by atoms with E-state index in [1.54, 1.807) is 0 Å². The van der Waals surface area contributed by atoms with Crippen LogP contribution in [0.3, 0.4) is 0 Å². The molecule has 0 unspecified atom stereocenters. The summed E-state index contributed by atoms with van der Waals surface area (Å²) in [7, 11) is 3.98. The van der Waals surface area contributed by atoms with Crippen molar-refractivity contribution in [2.75, 3.05) is 41.2 Å². The van der Waals surface area contributed by atoms with E-state index in [9.17, 15) is 54.9 Å². The van der Waals surface area contributed by atoms with Crippen LogP contribution in [0.2, 0.25) is 0 Å². The predicted octanol–water partition coefficient (Wildman–Crippen LogP) is 1.11. The minimum absolute atomic E-state index is 0.0895. The van der Waals surface area contributed by atoms with Crippen molar-refractivity contribution in [3.63, 3.8) is 0 Å². The summed E-state index contributed by atoms with van der Waals surface area (Å²) in [5.74, 6) is -6.73. The topological polar surface area (TPSA) is 302 Å². The van der Waals surface area contributed by atoms with E-state index in [2.05, 4.69) is 0 Å². The van der Waals surface area contributed by atoms with Crippen molar-refractivity contribution in [2.45, 2.75) is 61.7 Å². The maximum atomic E-state index is 13.3. The van der Waals surface area contributed by atoms with Crippen molar-refractivity contribution in [3.8, 4) is 34.5 Å². The normalized spacial score (nSPS) is 25.4. The summed E-state index contributed by atoms with van der Waals surface area (Å²) in [5, 5.41) is 74.7. The van der Waals surface area contributed by atoms with Crippen molar-refractivity contribution in [2.24, 2.45) is 0 Å². The lowest BCUT2D eigenvalue weighted by Crippen LogP contribution is -2.64. The zero-order chi connectivity index (χ0) is 47.4. The van der Waals surface area contributed by atoms with Gasteiger partial charge < -0.3 is 83.1 Å². The van der Waals surface area contributed by atoms with Gasteiger partial charge in [-0.2, -0.15) is 0 Å². The van der Waals surface area contributed by atoms with E-state index >= 15 is 0 Å². The Morgan fingerprint density at radius 2 is 1.09 bits per heavy atom. The minimum atomic E-state index is -2.64. The molecule has 0 spiro atoms. The summed E-state index contributed by atoms with van der Waals surface area (Å²) in [6.45, 7) is -1.60. The molecule has 0 radical (unpaired) electrons. The Morgan fingerprint density at radius 3 is 1.55 bits per heavy atom. The van der Waals surface area contributed by atoms with E-state index in [4.69, 9.17) is 47.4 Å². The maximum Gasteiger partial charge on any atom is 0.331 e. The van der Waals surface area contributed by atoms with Crippen molar-refractivity contribution in [1.82, 2.24) is 0 Å². The quantitative estimate of drug-likeness (QED) is 0.0534. The molecule has 2 fully saturated rings. The van der Waals surface area contributed by atoms with E-state index in [1.165, 1.54) is 94.2 Å².